The first-order valence-electron chi connectivity index (χ1n) is 9.96. The maximum Gasteiger partial charge on any atom is 0.246 e. The Kier molecular flexibility index (Phi) is 6.98. The molecule has 1 atom stereocenters. The Morgan fingerprint density at radius 1 is 0.903 bits per heavy atom. The number of rotatable bonds is 4. The van der Waals surface area contributed by atoms with Crippen molar-refractivity contribution in [2.75, 3.05) is 19.6 Å². The Bertz CT molecular complexity index is 1120. The Morgan fingerprint density at radius 3 is 1.97 bits per heavy atom. The van der Waals surface area contributed by atoms with Crippen LogP contribution in [0.1, 0.15) is 29.2 Å². The van der Waals surface area contributed by atoms with Gasteiger partial charge in [-0.25, -0.2) is 0 Å². The van der Waals surface area contributed by atoms with Gasteiger partial charge in [0.1, 0.15) is 0 Å². The summed E-state index contributed by atoms with van der Waals surface area (Å²) in [4.78, 5) is 28.6. The molecular weight excluding hydrogens is 388 g/mol. The minimum atomic E-state index is -0.120. The molecule has 154 valence electrons. The van der Waals surface area contributed by atoms with Gasteiger partial charge in [-0.05, 0) is 54.5 Å². The van der Waals surface area contributed by atoms with Gasteiger partial charge in [-0.1, -0.05) is 24.3 Å². The summed E-state index contributed by atoms with van der Waals surface area (Å²) >= 11 is 0. The molecule has 1 saturated heterocycles. The third kappa shape index (κ3) is 5.68. The Balaban J connectivity index is 1.58. The number of carbonyl (C=O) groups is 2. The summed E-state index contributed by atoms with van der Waals surface area (Å²) in [6.45, 7) is 3.27. The summed E-state index contributed by atoms with van der Waals surface area (Å²) in [7, 11) is 0. The number of piperazine rings is 1. The molecule has 0 spiro atoms. The first-order chi connectivity index (χ1) is 15.0. The average molecular weight is 410 g/mol. The van der Waals surface area contributed by atoms with Crippen molar-refractivity contribution in [2.24, 2.45) is 0 Å². The van der Waals surface area contributed by atoms with Gasteiger partial charge in [-0.15, -0.1) is 0 Å². The molecule has 1 aliphatic heterocycles. The van der Waals surface area contributed by atoms with Crippen LogP contribution >= 0.6 is 0 Å². The lowest BCUT2D eigenvalue weighted by molar-refractivity contribution is -0.136. The lowest BCUT2D eigenvalue weighted by atomic mass is 10.1. The molecule has 6 nitrogen and oxygen atoms in total. The fourth-order valence-corrected chi connectivity index (χ4v) is 3.45. The largest absolute Gasteiger partial charge is 0.335 e. The smallest absolute Gasteiger partial charge is 0.246 e. The Morgan fingerprint density at radius 2 is 1.45 bits per heavy atom. The van der Waals surface area contributed by atoms with Crippen molar-refractivity contribution in [3.63, 3.8) is 0 Å². The van der Waals surface area contributed by atoms with Crippen molar-refractivity contribution in [3.05, 3.63) is 82.9 Å². The summed E-state index contributed by atoms with van der Waals surface area (Å²) < 4.78 is 0. The highest BCUT2D eigenvalue weighted by Gasteiger charge is 2.27. The zero-order valence-electron chi connectivity index (χ0n) is 17.2. The zero-order valence-corrected chi connectivity index (χ0v) is 17.2. The van der Waals surface area contributed by atoms with Crippen molar-refractivity contribution in [3.8, 4) is 12.1 Å². The number of nitriles is 2. The Hall–Kier alpha value is -4.16. The molecule has 1 fully saturated rings. The summed E-state index contributed by atoms with van der Waals surface area (Å²) in [5.74, 6) is -0.240. The second-order valence-electron chi connectivity index (χ2n) is 7.31. The molecule has 2 amide bonds. The predicted octanol–water partition coefficient (Wildman–Crippen LogP) is 3.22. The lowest BCUT2D eigenvalue weighted by Gasteiger charge is -2.39. The van der Waals surface area contributed by atoms with Crippen LogP contribution in [0.4, 0.5) is 0 Å². The molecule has 0 radical (unpaired) electrons. The summed E-state index contributed by atoms with van der Waals surface area (Å²) in [6, 6.07) is 18.1. The number of benzene rings is 2. The summed E-state index contributed by atoms with van der Waals surface area (Å²) in [6.07, 6.45) is 6.41. The van der Waals surface area contributed by atoms with Gasteiger partial charge in [0, 0.05) is 37.8 Å². The van der Waals surface area contributed by atoms with E-state index >= 15 is 0 Å². The molecule has 0 bridgehead atoms. The van der Waals surface area contributed by atoms with E-state index in [1.807, 2.05) is 19.1 Å². The van der Waals surface area contributed by atoms with E-state index in [1.54, 1.807) is 58.4 Å². The molecule has 0 N–H and O–H groups in total. The zero-order chi connectivity index (χ0) is 22.2. The average Bonchev–Trinajstić information content (AvgIpc) is 2.81. The van der Waals surface area contributed by atoms with Crippen LogP contribution in [0.2, 0.25) is 0 Å². The van der Waals surface area contributed by atoms with Crippen LogP contribution in [0.25, 0.3) is 12.2 Å². The number of amides is 2. The SMILES string of the molecule is C[C@H]1CN(C(=O)C=Cc2cccc(C#N)c2)CCN1C(=O)C=Cc1cccc(C#N)c1. The van der Waals surface area contributed by atoms with Crippen molar-refractivity contribution in [1.82, 2.24) is 9.80 Å². The molecule has 2 aromatic carbocycles. The van der Waals surface area contributed by atoms with Gasteiger partial charge in [0.2, 0.25) is 11.8 Å². The van der Waals surface area contributed by atoms with Crippen LogP contribution in [-0.2, 0) is 9.59 Å². The molecule has 3 rings (SSSR count). The second-order valence-corrected chi connectivity index (χ2v) is 7.31. The minimum Gasteiger partial charge on any atom is -0.335 e. The van der Waals surface area contributed by atoms with Crippen molar-refractivity contribution >= 4 is 24.0 Å². The maximum atomic E-state index is 12.6. The van der Waals surface area contributed by atoms with Crippen LogP contribution in [0, 0.1) is 22.7 Å². The quantitative estimate of drug-likeness (QED) is 0.724. The highest BCUT2D eigenvalue weighted by molar-refractivity contribution is 5.93. The van der Waals surface area contributed by atoms with Gasteiger partial charge in [0.25, 0.3) is 0 Å². The number of carbonyl (C=O) groups excluding carboxylic acids is 2. The molecule has 0 unspecified atom stereocenters. The summed E-state index contributed by atoms with van der Waals surface area (Å²) in [5, 5.41) is 17.9. The first kappa shape index (κ1) is 21.5. The standard InChI is InChI=1S/C25H22N4O2/c1-19-18-28(24(30)10-8-20-4-2-6-22(14-20)16-26)12-13-29(19)25(31)11-9-21-5-3-7-23(15-21)17-27/h2-11,14-15,19H,12-13,18H2,1H3/t19-/m0/s1. The van der Waals surface area contributed by atoms with E-state index in [0.717, 1.165) is 11.1 Å². The highest BCUT2D eigenvalue weighted by Crippen LogP contribution is 2.13. The first-order valence-corrected chi connectivity index (χ1v) is 9.96. The number of nitrogens with zero attached hydrogens (tertiary/aromatic N) is 4. The van der Waals surface area contributed by atoms with Crippen LogP contribution in [0.5, 0.6) is 0 Å². The van der Waals surface area contributed by atoms with Crippen LogP contribution in [0.3, 0.4) is 0 Å². The van der Waals surface area contributed by atoms with E-state index < -0.39 is 0 Å². The molecule has 1 heterocycles. The normalized spacial score (nSPS) is 16.3. The van der Waals surface area contributed by atoms with E-state index in [0.29, 0.717) is 30.8 Å². The molecule has 31 heavy (non-hydrogen) atoms. The summed E-state index contributed by atoms with van der Waals surface area (Å²) in [5.41, 5.74) is 2.67. The van der Waals surface area contributed by atoms with Crippen molar-refractivity contribution in [2.45, 2.75) is 13.0 Å². The molecule has 0 saturated carbocycles. The fourth-order valence-electron chi connectivity index (χ4n) is 3.45. The molecule has 2 aromatic rings. The van der Waals surface area contributed by atoms with Crippen molar-refractivity contribution < 1.29 is 9.59 Å². The van der Waals surface area contributed by atoms with Gasteiger partial charge in [-0.3, -0.25) is 9.59 Å². The third-order valence-electron chi connectivity index (χ3n) is 5.09. The van der Waals surface area contributed by atoms with E-state index in [4.69, 9.17) is 10.5 Å². The third-order valence-corrected chi connectivity index (χ3v) is 5.09. The fraction of sp³-hybridized carbons (Fsp3) is 0.200. The Labute approximate surface area is 181 Å². The molecule has 0 aromatic heterocycles. The predicted molar refractivity (Wildman–Crippen MR) is 118 cm³/mol. The lowest BCUT2D eigenvalue weighted by Crippen LogP contribution is -2.54. The van der Waals surface area contributed by atoms with E-state index in [-0.39, 0.29) is 17.9 Å². The highest BCUT2D eigenvalue weighted by atomic mass is 16.2. The van der Waals surface area contributed by atoms with Crippen LogP contribution in [-0.4, -0.2) is 47.3 Å². The van der Waals surface area contributed by atoms with Gasteiger partial charge in [-0.2, -0.15) is 10.5 Å². The van der Waals surface area contributed by atoms with E-state index in [2.05, 4.69) is 12.1 Å². The van der Waals surface area contributed by atoms with Crippen molar-refractivity contribution in [1.29, 1.82) is 10.5 Å². The van der Waals surface area contributed by atoms with Gasteiger partial charge < -0.3 is 9.80 Å². The van der Waals surface area contributed by atoms with Gasteiger partial charge in [0.15, 0.2) is 0 Å². The molecular formula is C25H22N4O2. The van der Waals surface area contributed by atoms with E-state index in [9.17, 15) is 9.59 Å². The van der Waals surface area contributed by atoms with E-state index in [1.165, 1.54) is 12.2 Å². The van der Waals surface area contributed by atoms with Gasteiger partial charge in [0.05, 0.1) is 23.3 Å². The topological polar surface area (TPSA) is 88.2 Å². The molecule has 6 heteroatoms. The number of hydrogen-bond acceptors (Lipinski definition) is 4. The van der Waals surface area contributed by atoms with Gasteiger partial charge >= 0.3 is 0 Å². The minimum absolute atomic E-state index is 0.115. The molecule has 0 aliphatic carbocycles. The second kappa shape index (κ2) is 10.0. The molecule has 1 aliphatic rings. The van der Waals surface area contributed by atoms with Crippen LogP contribution < -0.4 is 0 Å². The van der Waals surface area contributed by atoms with Crippen LogP contribution in [0.15, 0.2) is 60.7 Å². The monoisotopic (exact) mass is 410 g/mol. The maximum absolute atomic E-state index is 12.6. The number of hydrogen-bond donors (Lipinski definition) is 0.